The first-order valence-corrected chi connectivity index (χ1v) is 10.2. The van der Waals surface area contributed by atoms with Crippen molar-refractivity contribution in [3.05, 3.63) is 23.8 Å². The summed E-state index contributed by atoms with van der Waals surface area (Å²) in [6, 6.07) is 0. The third-order valence-corrected chi connectivity index (χ3v) is 6.37. The van der Waals surface area contributed by atoms with Crippen LogP contribution in [0.2, 0.25) is 0 Å². The summed E-state index contributed by atoms with van der Waals surface area (Å²) in [5, 5.41) is 0. The van der Waals surface area contributed by atoms with Gasteiger partial charge in [-0.15, -0.1) is 6.58 Å². The van der Waals surface area contributed by atoms with E-state index in [0.29, 0.717) is 6.42 Å². The van der Waals surface area contributed by atoms with Crippen molar-refractivity contribution < 1.29 is 18.9 Å². The van der Waals surface area contributed by atoms with E-state index in [-0.39, 0.29) is 0 Å². The molecule has 0 N–H and O–H groups in total. The molecule has 0 saturated heterocycles. The highest BCUT2D eigenvalue weighted by molar-refractivity contribution is 5.69. The van der Waals surface area contributed by atoms with Crippen LogP contribution in [0.25, 0.3) is 0 Å². The average molecular weight is 356 g/mol. The molecule has 2 saturated carbocycles. The maximum absolute atomic E-state index is 6.50. The summed E-state index contributed by atoms with van der Waals surface area (Å²) in [6.07, 6.45) is 13.5. The van der Waals surface area contributed by atoms with Crippen molar-refractivity contribution in [2.45, 2.75) is 89.1 Å². The summed E-state index contributed by atoms with van der Waals surface area (Å²) < 4.78 is 25.9. The molecule has 2 aliphatic carbocycles. The van der Waals surface area contributed by atoms with E-state index in [1.165, 1.54) is 12.8 Å². The standard InChI is InChI=1S/C22H28O4/c1-3-10-16-19-17(23-21(25-19)11-6-4-7-12-21)15(2)18-20(16)26-22(24-18)13-8-5-9-14-22/h3H,1,4-14H2,2H3. The van der Waals surface area contributed by atoms with Gasteiger partial charge in [0.15, 0.2) is 23.0 Å². The Morgan fingerprint density at radius 3 is 1.58 bits per heavy atom. The lowest BCUT2D eigenvalue weighted by Gasteiger charge is -2.32. The monoisotopic (exact) mass is 356 g/mol. The molecule has 4 aliphatic rings. The molecule has 2 heterocycles. The Kier molecular flexibility index (Phi) is 3.67. The molecule has 1 aromatic rings. The van der Waals surface area contributed by atoms with E-state index >= 15 is 0 Å². The zero-order valence-corrected chi connectivity index (χ0v) is 15.7. The number of benzene rings is 1. The van der Waals surface area contributed by atoms with Crippen molar-refractivity contribution in [1.29, 1.82) is 0 Å². The number of fused-ring (bicyclic) bond motifs is 2. The molecule has 0 atom stereocenters. The van der Waals surface area contributed by atoms with E-state index in [0.717, 1.165) is 85.5 Å². The van der Waals surface area contributed by atoms with Crippen LogP contribution in [0.5, 0.6) is 23.0 Å². The van der Waals surface area contributed by atoms with E-state index < -0.39 is 11.6 Å². The largest absolute Gasteiger partial charge is 0.448 e. The fourth-order valence-corrected chi connectivity index (χ4v) is 4.99. The summed E-state index contributed by atoms with van der Waals surface area (Å²) >= 11 is 0. The first-order chi connectivity index (χ1) is 12.7. The van der Waals surface area contributed by atoms with Gasteiger partial charge < -0.3 is 18.9 Å². The molecule has 140 valence electrons. The number of hydrogen-bond donors (Lipinski definition) is 0. The van der Waals surface area contributed by atoms with Crippen LogP contribution in [0.4, 0.5) is 0 Å². The van der Waals surface area contributed by atoms with Crippen molar-refractivity contribution in [3.63, 3.8) is 0 Å². The molecule has 2 fully saturated rings. The maximum atomic E-state index is 6.50. The SMILES string of the molecule is C=CCc1c2c(c(C)c3c1OC1(CCCCC1)O3)OC1(CCCCC1)O2. The minimum Gasteiger partial charge on any atom is -0.448 e. The average Bonchev–Trinajstić information content (AvgIpc) is 3.20. The Balaban J connectivity index is 1.58. The Hall–Kier alpha value is -1.84. The lowest BCUT2D eigenvalue weighted by atomic mass is 9.94. The van der Waals surface area contributed by atoms with Gasteiger partial charge in [-0.05, 0) is 39.0 Å². The fourth-order valence-electron chi connectivity index (χ4n) is 4.99. The third kappa shape index (κ3) is 2.34. The van der Waals surface area contributed by atoms with E-state index in [2.05, 4.69) is 13.5 Å². The Bertz CT molecular complexity index is 684. The maximum Gasteiger partial charge on any atom is 0.251 e. The van der Waals surface area contributed by atoms with Crippen LogP contribution in [0.15, 0.2) is 12.7 Å². The first-order valence-electron chi connectivity index (χ1n) is 10.2. The van der Waals surface area contributed by atoms with E-state index in [9.17, 15) is 0 Å². The molecule has 0 aromatic heterocycles. The van der Waals surface area contributed by atoms with Gasteiger partial charge in [-0.2, -0.15) is 0 Å². The number of allylic oxidation sites excluding steroid dienone is 1. The lowest BCUT2D eigenvalue weighted by molar-refractivity contribution is -0.110. The lowest BCUT2D eigenvalue weighted by Crippen LogP contribution is -2.41. The Labute approximate surface area is 155 Å². The second kappa shape index (κ2) is 5.83. The summed E-state index contributed by atoms with van der Waals surface area (Å²) in [6.45, 7) is 6.02. The van der Waals surface area contributed by atoms with Crippen LogP contribution in [0.3, 0.4) is 0 Å². The second-order valence-electron chi connectivity index (χ2n) is 8.26. The predicted molar refractivity (Wildman–Crippen MR) is 99.2 cm³/mol. The van der Waals surface area contributed by atoms with Crippen LogP contribution in [0, 0.1) is 6.92 Å². The molecule has 4 heteroatoms. The number of rotatable bonds is 2. The van der Waals surface area contributed by atoms with Crippen molar-refractivity contribution in [2.24, 2.45) is 0 Å². The zero-order valence-electron chi connectivity index (χ0n) is 15.7. The molecular weight excluding hydrogens is 328 g/mol. The number of hydrogen-bond acceptors (Lipinski definition) is 4. The van der Waals surface area contributed by atoms with Gasteiger partial charge >= 0.3 is 0 Å². The molecule has 2 aliphatic heterocycles. The van der Waals surface area contributed by atoms with Gasteiger partial charge in [0.05, 0.1) is 0 Å². The molecule has 0 amide bonds. The molecule has 1 aromatic carbocycles. The Morgan fingerprint density at radius 1 is 0.731 bits per heavy atom. The van der Waals surface area contributed by atoms with Crippen molar-refractivity contribution in [3.8, 4) is 23.0 Å². The van der Waals surface area contributed by atoms with Gasteiger partial charge in [0.2, 0.25) is 0 Å². The topological polar surface area (TPSA) is 36.9 Å². The normalized spacial score (nSPS) is 24.2. The van der Waals surface area contributed by atoms with Crippen LogP contribution < -0.4 is 18.9 Å². The van der Waals surface area contributed by atoms with Crippen LogP contribution in [-0.2, 0) is 6.42 Å². The quantitative estimate of drug-likeness (QED) is 0.648. The second-order valence-corrected chi connectivity index (χ2v) is 8.26. The van der Waals surface area contributed by atoms with Crippen molar-refractivity contribution in [1.82, 2.24) is 0 Å². The van der Waals surface area contributed by atoms with Gasteiger partial charge in [0.25, 0.3) is 11.6 Å². The van der Waals surface area contributed by atoms with Crippen LogP contribution in [-0.4, -0.2) is 11.6 Å². The fraction of sp³-hybridized carbons (Fsp3) is 0.636. The van der Waals surface area contributed by atoms with Gasteiger partial charge in [-0.3, -0.25) is 0 Å². The smallest absolute Gasteiger partial charge is 0.251 e. The molecule has 0 radical (unpaired) electrons. The molecule has 26 heavy (non-hydrogen) atoms. The molecule has 0 bridgehead atoms. The highest BCUT2D eigenvalue weighted by Crippen LogP contribution is 2.59. The highest BCUT2D eigenvalue weighted by atomic mass is 16.7. The third-order valence-electron chi connectivity index (χ3n) is 6.37. The molecular formula is C22H28O4. The molecule has 4 nitrogen and oxygen atoms in total. The van der Waals surface area contributed by atoms with E-state index in [4.69, 9.17) is 18.9 Å². The minimum absolute atomic E-state index is 0.487. The summed E-state index contributed by atoms with van der Waals surface area (Å²) in [7, 11) is 0. The summed E-state index contributed by atoms with van der Waals surface area (Å²) in [5.74, 6) is 2.47. The van der Waals surface area contributed by atoms with Gasteiger partial charge in [-0.1, -0.05) is 18.9 Å². The van der Waals surface area contributed by atoms with Crippen LogP contribution in [0.1, 0.15) is 75.3 Å². The van der Waals surface area contributed by atoms with Gasteiger partial charge in [-0.25, -0.2) is 0 Å². The Morgan fingerprint density at radius 2 is 1.15 bits per heavy atom. The zero-order chi connectivity index (χ0) is 17.8. The van der Waals surface area contributed by atoms with Gasteiger partial charge in [0.1, 0.15) is 0 Å². The van der Waals surface area contributed by atoms with Gasteiger partial charge in [0, 0.05) is 36.8 Å². The van der Waals surface area contributed by atoms with Crippen molar-refractivity contribution >= 4 is 0 Å². The molecule has 5 rings (SSSR count). The van der Waals surface area contributed by atoms with Crippen molar-refractivity contribution in [2.75, 3.05) is 0 Å². The summed E-state index contributed by atoms with van der Waals surface area (Å²) in [4.78, 5) is 0. The van der Waals surface area contributed by atoms with E-state index in [1.807, 2.05) is 6.08 Å². The minimum atomic E-state index is -0.487. The van der Waals surface area contributed by atoms with Crippen LogP contribution >= 0.6 is 0 Å². The summed E-state index contributed by atoms with van der Waals surface area (Å²) in [5.41, 5.74) is 2.06. The number of ether oxygens (including phenoxy) is 4. The predicted octanol–water partition coefficient (Wildman–Crippen LogP) is 5.59. The molecule has 2 spiro atoms. The first kappa shape index (κ1) is 16.3. The molecule has 0 unspecified atom stereocenters. The highest BCUT2D eigenvalue weighted by Gasteiger charge is 2.50. The van der Waals surface area contributed by atoms with E-state index in [1.54, 1.807) is 0 Å².